The lowest BCUT2D eigenvalue weighted by Gasteiger charge is -2.33. The van der Waals surface area contributed by atoms with Gasteiger partial charge in [0, 0.05) is 35.9 Å². The Morgan fingerprint density at radius 2 is 1.78 bits per heavy atom. The van der Waals surface area contributed by atoms with Gasteiger partial charge in [0.25, 0.3) is 0 Å². The molecule has 2 aromatic carbocycles. The Morgan fingerprint density at radius 1 is 1.00 bits per heavy atom. The number of nitrogens with zero attached hydrogens (tertiary/aromatic N) is 3. The Labute approximate surface area is 237 Å². The molecule has 0 aliphatic carbocycles. The zero-order chi connectivity index (χ0) is 28.3. The van der Waals surface area contributed by atoms with Crippen LogP contribution in [0.5, 0.6) is 11.5 Å². The van der Waals surface area contributed by atoms with E-state index >= 15 is 0 Å². The number of imidazole rings is 1. The van der Waals surface area contributed by atoms with Crippen LogP contribution in [0.1, 0.15) is 13.3 Å². The average Bonchev–Trinajstić information content (AvgIpc) is 3.57. The third-order valence-electron chi connectivity index (χ3n) is 6.12. The first-order chi connectivity index (χ1) is 19.9. The molecule has 0 spiro atoms. The van der Waals surface area contributed by atoms with Crippen molar-refractivity contribution in [2.75, 3.05) is 10.6 Å². The van der Waals surface area contributed by atoms with Gasteiger partial charge in [-0.15, -0.1) is 11.3 Å². The molecule has 3 aromatic heterocycles. The number of carbonyl (C=O) groups is 2. The van der Waals surface area contributed by atoms with Crippen LogP contribution in [-0.2, 0) is 25.6 Å². The van der Waals surface area contributed by atoms with Gasteiger partial charge < -0.3 is 29.4 Å². The minimum Gasteiger partial charge on any atom is -0.453 e. The highest BCUT2D eigenvalue weighted by molar-refractivity contribution is 7.22. The standard InChI is InChI=1S/C29H24FN5O5S/c1-17-38-28(39-17)15-35-14-22(32-16-35)25-12-21-29(41-25)24(9-10-31-21)40-23-8-7-19(11-20(23)30)34-27(37)13-26(36)33-18-5-3-2-4-6-18/h2-12,14,16-17,28H,13,15H2,1H3,(H,33,36)(H,34,37). The van der Waals surface area contributed by atoms with Crippen molar-refractivity contribution >= 4 is 44.7 Å². The minimum absolute atomic E-state index is 0.0220. The fourth-order valence-electron chi connectivity index (χ4n) is 4.26. The van der Waals surface area contributed by atoms with Crippen LogP contribution in [0.15, 0.2) is 79.4 Å². The van der Waals surface area contributed by atoms with Crippen LogP contribution in [-0.4, -0.2) is 38.9 Å². The average molecular weight is 574 g/mol. The second-order valence-electron chi connectivity index (χ2n) is 9.25. The molecule has 12 heteroatoms. The van der Waals surface area contributed by atoms with E-state index in [9.17, 15) is 14.0 Å². The first-order valence-electron chi connectivity index (χ1n) is 12.7. The first-order valence-corrected chi connectivity index (χ1v) is 13.5. The third kappa shape index (κ3) is 6.24. The van der Waals surface area contributed by atoms with Gasteiger partial charge in [-0.3, -0.25) is 14.6 Å². The minimum atomic E-state index is -0.674. The molecular formula is C29H24FN5O5S. The molecule has 2 N–H and O–H groups in total. The molecule has 1 fully saturated rings. The molecule has 0 radical (unpaired) electrons. The maximum absolute atomic E-state index is 15.0. The largest absolute Gasteiger partial charge is 0.453 e. The van der Waals surface area contributed by atoms with Gasteiger partial charge in [-0.05, 0) is 37.3 Å². The molecular weight excluding hydrogens is 549 g/mol. The van der Waals surface area contributed by atoms with E-state index in [1.165, 1.54) is 23.5 Å². The molecule has 2 amide bonds. The van der Waals surface area contributed by atoms with Crippen molar-refractivity contribution in [3.05, 3.63) is 85.2 Å². The molecule has 6 rings (SSSR count). The third-order valence-corrected chi connectivity index (χ3v) is 7.28. The molecule has 208 valence electrons. The Morgan fingerprint density at radius 3 is 2.54 bits per heavy atom. The van der Waals surface area contributed by atoms with E-state index < -0.39 is 24.1 Å². The van der Waals surface area contributed by atoms with Gasteiger partial charge in [-0.25, -0.2) is 9.37 Å². The van der Waals surface area contributed by atoms with Gasteiger partial charge >= 0.3 is 0 Å². The fraction of sp³-hybridized carbons (Fsp3) is 0.172. The van der Waals surface area contributed by atoms with Crippen molar-refractivity contribution in [3.8, 4) is 22.1 Å². The SMILES string of the molecule is CC1OC(Cn2cnc(-c3cc4nccc(Oc5ccc(NC(=O)CC(=O)Nc6ccccc6)cc5F)c4s3)c2)O1. The number of aromatic nitrogens is 3. The van der Waals surface area contributed by atoms with Crippen molar-refractivity contribution in [2.24, 2.45) is 0 Å². The van der Waals surface area contributed by atoms with E-state index in [0.29, 0.717) is 23.5 Å². The molecule has 4 heterocycles. The summed E-state index contributed by atoms with van der Waals surface area (Å²) in [7, 11) is 0. The Bertz CT molecular complexity index is 1720. The number of benzene rings is 2. The summed E-state index contributed by atoms with van der Waals surface area (Å²) in [6.07, 6.45) is 4.32. The lowest BCUT2D eigenvalue weighted by Crippen LogP contribution is -2.41. The maximum Gasteiger partial charge on any atom is 0.233 e. The molecule has 5 aromatic rings. The van der Waals surface area contributed by atoms with Crippen molar-refractivity contribution < 1.29 is 28.2 Å². The van der Waals surface area contributed by atoms with E-state index in [0.717, 1.165) is 21.3 Å². The van der Waals surface area contributed by atoms with Crippen molar-refractivity contribution in [1.82, 2.24) is 14.5 Å². The molecule has 1 aliphatic heterocycles. The van der Waals surface area contributed by atoms with Gasteiger partial charge in [-0.2, -0.15) is 0 Å². The number of anilines is 2. The van der Waals surface area contributed by atoms with E-state index in [1.54, 1.807) is 42.9 Å². The normalized spacial score (nSPS) is 16.2. The molecule has 0 unspecified atom stereocenters. The predicted octanol–water partition coefficient (Wildman–Crippen LogP) is 5.78. The summed E-state index contributed by atoms with van der Waals surface area (Å²) in [5.74, 6) is -1.31. The number of halogens is 1. The first kappa shape index (κ1) is 26.6. The van der Waals surface area contributed by atoms with Crippen LogP contribution in [0.2, 0.25) is 0 Å². The Kier molecular flexibility index (Phi) is 7.42. The number of hydrogen-bond acceptors (Lipinski definition) is 8. The van der Waals surface area contributed by atoms with Gasteiger partial charge in [-0.1, -0.05) is 18.2 Å². The monoisotopic (exact) mass is 573 g/mol. The van der Waals surface area contributed by atoms with Crippen LogP contribution < -0.4 is 15.4 Å². The summed E-state index contributed by atoms with van der Waals surface area (Å²) in [6, 6.07) is 16.4. The highest BCUT2D eigenvalue weighted by Gasteiger charge is 2.27. The maximum atomic E-state index is 15.0. The van der Waals surface area contributed by atoms with Crippen molar-refractivity contribution in [3.63, 3.8) is 0 Å². The molecule has 1 saturated heterocycles. The Balaban J connectivity index is 1.11. The highest BCUT2D eigenvalue weighted by atomic mass is 32.1. The lowest BCUT2D eigenvalue weighted by molar-refractivity contribution is -0.379. The summed E-state index contributed by atoms with van der Waals surface area (Å²) >= 11 is 1.43. The van der Waals surface area contributed by atoms with E-state index in [1.807, 2.05) is 29.8 Å². The predicted molar refractivity (Wildman–Crippen MR) is 151 cm³/mol. The second kappa shape index (κ2) is 11.5. The van der Waals surface area contributed by atoms with Crippen LogP contribution in [0.25, 0.3) is 20.8 Å². The van der Waals surface area contributed by atoms with Crippen molar-refractivity contribution in [1.29, 1.82) is 0 Å². The van der Waals surface area contributed by atoms with E-state index in [4.69, 9.17) is 14.2 Å². The number of amides is 2. The zero-order valence-electron chi connectivity index (χ0n) is 21.7. The van der Waals surface area contributed by atoms with Crippen LogP contribution in [0.3, 0.4) is 0 Å². The summed E-state index contributed by atoms with van der Waals surface area (Å²) in [5, 5.41) is 5.17. The number of pyridine rings is 1. The number of ether oxygens (including phenoxy) is 3. The number of fused-ring (bicyclic) bond motifs is 1. The van der Waals surface area contributed by atoms with Gasteiger partial charge in [0.15, 0.2) is 24.1 Å². The van der Waals surface area contributed by atoms with Gasteiger partial charge in [0.2, 0.25) is 11.8 Å². The smallest absolute Gasteiger partial charge is 0.233 e. The Hall–Kier alpha value is -4.65. The second-order valence-corrected chi connectivity index (χ2v) is 10.3. The van der Waals surface area contributed by atoms with Gasteiger partial charge in [0.1, 0.15) is 12.2 Å². The number of carbonyl (C=O) groups excluding carboxylic acids is 2. The molecule has 41 heavy (non-hydrogen) atoms. The summed E-state index contributed by atoms with van der Waals surface area (Å²) < 4.78 is 34.5. The molecule has 1 aliphatic rings. The van der Waals surface area contributed by atoms with Crippen LogP contribution >= 0.6 is 11.3 Å². The quantitative estimate of drug-likeness (QED) is 0.215. The number of para-hydroxylation sites is 1. The molecule has 10 nitrogen and oxygen atoms in total. The van der Waals surface area contributed by atoms with E-state index in [-0.39, 0.29) is 24.0 Å². The molecule has 0 bridgehead atoms. The highest BCUT2D eigenvalue weighted by Crippen LogP contribution is 2.39. The number of nitrogens with one attached hydrogen (secondary N) is 2. The zero-order valence-corrected chi connectivity index (χ0v) is 22.6. The molecule has 0 atom stereocenters. The van der Waals surface area contributed by atoms with Crippen LogP contribution in [0, 0.1) is 5.82 Å². The lowest BCUT2D eigenvalue weighted by atomic mass is 10.2. The summed E-state index contributed by atoms with van der Waals surface area (Å²) in [6.45, 7) is 2.37. The van der Waals surface area contributed by atoms with Crippen molar-refractivity contribution in [2.45, 2.75) is 32.5 Å². The number of thiophene rings is 1. The van der Waals surface area contributed by atoms with Crippen LogP contribution in [0.4, 0.5) is 15.8 Å². The van der Waals surface area contributed by atoms with Gasteiger partial charge in [0.05, 0.1) is 33.7 Å². The number of rotatable bonds is 9. The topological polar surface area (TPSA) is 117 Å². The number of hydrogen-bond donors (Lipinski definition) is 2. The summed E-state index contributed by atoms with van der Waals surface area (Å²) in [5.41, 5.74) is 2.23. The van der Waals surface area contributed by atoms with E-state index in [2.05, 4.69) is 20.6 Å². The molecule has 0 saturated carbocycles. The summed E-state index contributed by atoms with van der Waals surface area (Å²) in [4.78, 5) is 34.2. The fourth-order valence-corrected chi connectivity index (χ4v) is 5.29.